The van der Waals surface area contributed by atoms with Crippen molar-refractivity contribution in [1.82, 2.24) is 9.88 Å². The molecule has 1 aromatic heterocycles. The normalized spacial score (nSPS) is 15.0. The van der Waals surface area contributed by atoms with Gasteiger partial charge in [-0.05, 0) is 68.9 Å². The molecule has 0 spiro atoms. The molecule has 1 heterocycles. The lowest BCUT2D eigenvalue weighted by atomic mass is 9.83. The molecule has 3 rings (SSSR count). The maximum Gasteiger partial charge on any atom is 0.294 e. The maximum atomic E-state index is 13.5. The first-order valence-electron chi connectivity index (χ1n) is 11.4. The van der Waals surface area contributed by atoms with E-state index in [0.717, 1.165) is 32.1 Å². The van der Waals surface area contributed by atoms with Crippen molar-refractivity contribution in [3.8, 4) is 0 Å². The highest BCUT2D eigenvalue weighted by molar-refractivity contribution is 6.43. The third-order valence-electron chi connectivity index (χ3n) is 6.71. The van der Waals surface area contributed by atoms with Crippen LogP contribution in [0.15, 0.2) is 18.2 Å². The molecule has 8 nitrogen and oxygen atoms in total. The van der Waals surface area contributed by atoms with Gasteiger partial charge in [0, 0.05) is 18.4 Å². The number of rotatable bonds is 7. The summed E-state index contributed by atoms with van der Waals surface area (Å²) in [6.07, 6.45) is 4.48. The van der Waals surface area contributed by atoms with Crippen LogP contribution < -0.4 is 16.4 Å². The van der Waals surface area contributed by atoms with Gasteiger partial charge in [0.05, 0.1) is 11.3 Å². The number of primary amides is 1. The van der Waals surface area contributed by atoms with Gasteiger partial charge in [0.2, 0.25) is 5.91 Å². The van der Waals surface area contributed by atoms with Crippen molar-refractivity contribution in [1.29, 1.82) is 0 Å². The summed E-state index contributed by atoms with van der Waals surface area (Å²) >= 11 is 0. The van der Waals surface area contributed by atoms with E-state index in [1.165, 1.54) is 22.8 Å². The number of nitrogens with two attached hydrogens (primary N) is 1. The van der Waals surface area contributed by atoms with E-state index in [2.05, 4.69) is 10.6 Å². The highest BCUT2D eigenvalue weighted by atomic mass is 19.1. The molecule has 1 aliphatic rings. The fourth-order valence-electron chi connectivity index (χ4n) is 4.75. The van der Waals surface area contributed by atoms with Crippen molar-refractivity contribution >= 4 is 29.2 Å². The number of hydrogen-bond acceptors (Lipinski definition) is 4. The predicted molar refractivity (Wildman–Crippen MR) is 126 cm³/mol. The number of amides is 3. The minimum atomic E-state index is -0.931. The zero-order valence-electron chi connectivity index (χ0n) is 20.0. The van der Waals surface area contributed by atoms with Crippen LogP contribution in [-0.4, -0.2) is 34.1 Å². The van der Waals surface area contributed by atoms with Crippen LogP contribution in [0.5, 0.6) is 0 Å². The van der Waals surface area contributed by atoms with Gasteiger partial charge in [-0.2, -0.15) is 0 Å². The molecule has 3 amide bonds. The maximum absolute atomic E-state index is 13.5. The lowest BCUT2D eigenvalue weighted by Crippen LogP contribution is -2.51. The Morgan fingerprint density at radius 3 is 2.32 bits per heavy atom. The van der Waals surface area contributed by atoms with Crippen LogP contribution in [0.4, 0.5) is 10.1 Å². The average Bonchev–Trinajstić information content (AvgIpc) is 3.02. The topological polar surface area (TPSA) is 123 Å². The average molecular weight is 471 g/mol. The second-order valence-electron chi connectivity index (χ2n) is 8.99. The zero-order valence-corrected chi connectivity index (χ0v) is 20.0. The third-order valence-corrected chi connectivity index (χ3v) is 6.71. The highest BCUT2D eigenvalue weighted by Gasteiger charge is 2.34. The summed E-state index contributed by atoms with van der Waals surface area (Å²) < 4.78 is 15.0. The van der Waals surface area contributed by atoms with E-state index >= 15 is 0 Å². The Bertz CT molecular complexity index is 1150. The van der Waals surface area contributed by atoms with E-state index in [0.29, 0.717) is 22.5 Å². The van der Waals surface area contributed by atoms with Crippen LogP contribution in [0, 0.1) is 32.5 Å². The SMILES string of the molecule is Cc1cc(NC(=O)c2c(C)c(C(=O)C(=O)N[C@@H](C(N)=O)C3CCCCC3)n(C)c2C)ccc1F. The number of aromatic nitrogens is 1. The van der Waals surface area contributed by atoms with Gasteiger partial charge in [-0.1, -0.05) is 19.3 Å². The number of nitrogens with zero attached hydrogens (tertiary/aromatic N) is 1. The molecule has 1 atom stereocenters. The first-order valence-corrected chi connectivity index (χ1v) is 11.4. The van der Waals surface area contributed by atoms with Gasteiger partial charge in [-0.15, -0.1) is 0 Å². The highest BCUT2D eigenvalue weighted by Crippen LogP contribution is 2.27. The molecule has 0 aliphatic heterocycles. The molecule has 9 heteroatoms. The fourth-order valence-corrected chi connectivity index (χ4v) is 4.75. The monoisotopic (exact) mass is 470 g/mol. The summed E-state index contributed by atoms with van der Waals surface area (Å²) in [5, 5.41) is 5.25. The zero-order chi connectivity index (χ0) is 25.2. The Morgan fingerprint density at radius 2 is 1.74 bits per heavy atom. The van der Waals surface area contributed by atoms with E-state index in [4.69, 9.17) is 5.73 Å². The van der Waals surface area contributed by atoms with Crippen molar-refractivity contribution < 1.29 is 23.6 Å². The minimum absolute atomic E-state index is 0.0577. The van der Waals surface area contributed by atoms with Crippen molar-refractivity contribution in [2.24, 2.45) is 18.7 Å². The molecule has 0 saturated heterocycles. The molecule has 0 unspecified atom stereocenters. The van der Waals surface area contributed by atoms with Gasteiger partial charge < -0.3 is 20.9 Å². The molecule has 34 heavy (non-hydrogen) atoms. The number of carbonyl (C=O) groups excluding carboxylic acids is 4. The number of carbonyl (C=O) groups is 4. The number of ketones is 1. The van der Waals surface area contributed by atoms with E-state index in [1.54, 1.807) is 27.8 Å². The smallest absolute Gasteiger partial charge is 0.294 e. The van der Waals surface area contributed by atoms with Gasteiger partial charge in [0.1, 0.15) is 11.9 Å². The number of anilines is 1. The molecule has 0 radical (unpaired) electrons. The molecule has 1 saturated carbocycles. The fraction of sp³-hybridized carbons (Fsp3) is 0.440. The Hall–Kier alpha value is -3.49. The van der Waals surface area contributed by atoms with Crippen molar-refractivity contribution in [2.45, 2.75) is 58.9 Å². The van der Waals surface area contributed by atoms with Crippen LogP contribution in [-0.2, 0) is 16.6 Å². The van der Waals surface area contributed by atoms with Crippen LogP contribution in [0.25, 0.3) is 0 Å². The first kappa shape index (κ1) is 25.1. The van der Waals surface area contributed by atoms with Crippen LogP contribution in [0.3, 0.4) is 0 Å². The van der Waals surface area contributed by atoms with Gasteiger partial charge >= 0.3 is 0 Å². The van der Waals surface area contributed by atoms with Crippen molar-refractivity contribution in [2.75, 3.05) is 5.32 Å². The summed E-state index contributed by atoms with van der Waals surface area (Å²) in [6, 6.07) is 3.30. The summed E-state index contributed by atoms with van der Waals surface area (Å²) in [5.41, 5.74) is 7.46. The number of nitrogens with one attached hydrogen (secondary N) is 2. The van der Waals surface area contributed by atoms with Gasteiger partial charge in [-0.25, -0.2) is 4.39 Å². The Kier molecular flexibility index (Phi) is 7.54. The summed E-state index contributed by atoms with van der Waals surface area (Å²) in [5.74, 6) is -3.40. The standard InChI is InChI=1S/C25H31FN4O4/c1-13-12-17(10-11-18(13)26)28-24(33)19-14(2)21(30(4)15(19)3)22(31)25(34)29-20(23(27)32)16-8-6-5-7-9-16/h10-12,16,20H,5-9H2,1-4H3,(H2,27,32)(H,28,33)(H,29,34)/t20-/m1/s1. The van der Waals surface area contributed by atoms with E-state index in [-0.39, 0.29) is 23.0 Å². The molecule has 0 bridgehead atoms. The first-order chi connectivity index (χ1) is 16.0. The minimum Gasteiger partial charge on any atom is -0.368 e. The van der Waals surface area contributed by atoms with Gasteiger partial charge in [-0.3, -0.25) is 19.2 Å². The molecular weight excluding hydrogens is 439 g/mol. The van der Waals surface area contributed by atoms with Crippen molar-refractivity contribution in [3.05, 3.63) is 52.1 Å². The molecule has 1 aliphatic carbocycles. The van der Waals surface area contributed by atoms with E-state index < -0.39 is 29.5 Å². The number of hydrogen-bond donors (Lipinski definition) is 3. The third kappa shape index (κ3) is 5.03. The second-order valence-corrected chi connectivity index (χ2v) is 8.99. The van der Waals surface area contributed by atoms with Crippen LogP contribution in [0.1, 0.15) is 69.8 Å². The Balaban J connectivity index is 1.83. The largest absolute Gasteiger partial charge is 0.368 e. The van der Waals surface area contributed by atoms with Crippen molar-refractivity contribution in [3.63, 3.8) is 0 Å². The Morgan fingerprint density at radius 1 is 1.09 bits per heavy atom. The number of Topliss-reactive ketones (excluding diaryl/α,β-unsaturated/α-hetero) is 1. The summed E-state index contributed by atoms with van der Waals surface area (Å²) in [4.78, 5) is 50.9. The summed E-state index contributed by atoms with van der Waals surface area (Å²) in [6.45, 7) is 4.85. The molecule has 182 valence electrons. The van der Waals surface area contributed by atoms with Crippen LogP contribution >= 0.6 is 0 Å². The van der Waals surface area contributed by atoms with Gasteiger partial charge in [0.25, 0.3) is 17.6 Å². The molecule has 1 aromatic carbocycles. The molecule has 4 N–H and O–H groups in total. The van der Waals surface area contributed by atoms with Gasteiger partial charge in [0.15, 0.2) is 0 Å². The quantitative estimate of drug-likeness (QED) is 0.425. The van der Waals surface area contributed by atoms with Crippen LogP contribution in [0.2, 0.25) is 0 Å². The number of halogens is 1. The number of benzene rings is 1. The lowest BCUT2D eigenvalue weighted by molar-refractivity contribution is -0.126. The second kappa shape index (κ2) is 10.2. The molecular formula is C25H31FN4O4. The number of aryl methyl sites for hydroxylation is 1. The molecule has 2 aromatic rings. The summed E-state index contributed by atoms with van der Waals surface area (Å²) in [7, 11) is 1.59. The van der Waals surface area contributed by atoms with E-state index in [1.807, 2.05) is 0 Å². The lowest BCUT2D eigenvalue weighted by Gasteiger charge is -2.28. The molecule has 1 fully saturated rings. The van der Waals surface area contributed by atoms with E-state index in [9.17, 15) is 23.6 Å². The Labute approximate surface area is 198 Å². The predicted octanol–water partition coefficient (Wildman–Crippen LogP) is 3.07.